The predicted molar refractivity (Wildman–Crippen MR) is 72.0 cm³/mol. The highest BCUT2D eigenvalue weighted by Crippen LogP contribution is 2.19. The molecule has 94 valence electrons. The summed E-state index contributed by atoms with van der Waals surface area (Å²) in [7, 11) is 0. The molecule has 0 bridgehead atoms. The Labute approximate surface area is 111 Å². The average Bonchev–Trinajstić information content (AvgIpc) is 2.81. The van der Waals surface area contributed by atoms with Crippen LogP contribution in [0.5, 0.6) is 0 Å². The van der Waals surface area contributed by atoms with E-state index in [-0.39, 0.29) is 17.1 Å². The quantitative estimate of drug-likeness (QED) is 0.863. The van der Waals surface area contributed by atoms with Crippen LogP contribution in [0.25, 0.3) is 0 Å². The zero-order valence-corrected chi connectivity index (χ0v) is 11.0. The van der Waals surface area contributed by atoms with Gasteiger partial charge in [0.15, 0.2) is 5.15 Å². The van der Waals surface area contributed by atoms with Crippen molar-refractivity contribution in [2.45, 2.75) is 19.9 Å². The number of pyridine rings is 1. The second-order valence-electron chi connectivity index (χ2n) is 4.19. The minimum atomic E-state index is -0.191. The van der Waals surface area contributed by atoms with Gasteiger partial charge in [-0.1, -0.05) is 11.6 Å². The fourth-order valence-corrected chi connectivity index (χ4v) is 1.87. The van der Waals surface area contributed by atoms with Crippen molar-refractivity contribution in [1.29, 1.82) is 0 Å². The molecule has 4 nitrogen and oxygen atoms in total. The number of halogens is 1. The van der Waals surface area contributed by atoms with E-state index in [1.165, 1.54) is 0 Å². The van der Waals surface area contributed by atoms with Gasteiger partial charge in [0.1, 0.15) is 5.69 Å². The molecule has 0 spiro atoms. The van der Waals surface area contributed by atoms with Crippen molar-refractivity contribution >= 4 is 23.2 Å². The summed E-state index contributed by atoms with van der Waals surface area (Å²) in [4.78, 5) is 16.0. The first-order valence-electron chi connectivity index (χ1n) is 5.68. The zero-order chi connectivity index (χ0) is 13.1. The van der Waals surface area contributed by atoms with Crippen molar-refractivity contribution in [2.75, 3.05) is 5.32 Å². The summed E-state index contributed by atoms with van der Waals surface area (Å²) < 4.78 is 1.90. The third kappa shape index (κ3) is 2.54. The van der Waals surface area contributed by atoms with Crippen molar-refractivity contribution < 1.29 is 4.79 Å². The topological polar surface area (TPSA) is 46.9 Å². The van der Waals surface area contributed by atoms with Crippen molar-refractivity contribution in [3.8, 4) is 0 Å². The normalized spacial score (nSPS) is 10.7. The number of carbonyl (C=O) groups is 1. The third-order valence-corrected chi connectivity index (χ3v) is 2.88. The summed E-state index contributed by atoms with van der Waals surface area (Å²) in [5.41, 5.74) is 1.12. The molecular formula is C13H14ClN3O. The molecule has 1 N–H and O–H groups in total. The molecule has 0 unspecified atom stereocenters. The lowest BCUT2D eigenvalue weighted by molar-refractivity contribution is 0.101. The van der Waals surface area contributed by atoms with Gasteiger partial charge in [-0.15, -0.1) is 0 Å². The van der Waals surface area contributed by atoms with Crippen molar-refractivity contribution in [3.05, 3.63) is 47.5 Å². The van der Waals surface area contributed by atoms with E-state index in [4.69, 9.17) is 11.6 Å². The van der Waals surface area contributed by atoms with E-state index in [0.717, 1.165) is 0 Å². The van der Waals surface area contributed by atoms with Crippen molar-refractivity contribution in [3.63, 3.8) is 0 Å². The zero-order valence-electron chi connectivity index (χ0n) is 10.2. The summed E-state index contributed by atoms with van der Waals surface area (Å²) in [5.74, 6) is -0.191. The SMILES string of the molecule is CC(C)n1cccc1C(=O)Nc1cccnc1Cl. The van der Waals surface area contributed by atoms with Gasteiger partial charge in [0.05, 0.1) is 5.69 Å². The average molecular weight is 264 g/mol. The first-order chi connectivity index (χ1) is 8.59. The minimum absolute atomic E-state index is 0.191. The lowest BCUT2D eigenvalue weighted by atomic mass is 10.3. The molecule has 0 aliphatic carbocycles. The molecular weight excluding hydrogens is 250 g/mol. The number of carbonyl (C=O) groups excluding carboxylic acids is 1. The molecule has 0 saturated carbocycles. The van der Waals surface area contributed by atoms with E-state index in [2.05, 4.69) is 10.3 Å². The van der Waals surface area contributed by atoms with E-state index in [1.807, 2.05) is 30.7 Å². The van der Waals surface area contributed by atoms with Crippen LogP contribution in [0.15, 0.2) is 36.7 Å². The lowest BCUT2D eigenvalue weighted by Gasteiger charge is -2.13. The number of aromatic nitrogens is 2. The Morgan fingerprint density at radius 1 is 1.39 bits per heavy atom. The smallest absolute Gasteiger partial charge is 0.272 e. The van der Waals surface area contributed by atoms with Crippen LogP contribution >= 0.6 is 11.6 Å². The first kappa shape index (κ1) is 12.6. The van der Waals surface area contributed by atoms with Gasteiger partial charge in [0, 0.05) is 18.4 Å². The van der Waals surface area contributed by atoms with E-state index in [9.17, 15) is 4.79 Å². The van der Waals surface area contributed by atoms with Crippen molar-refractivity contribution in [1.82, 2.24) is 9.55 Å². The predicted octanol–water partition coefficient (Wildman–Crippen LogP) is 3.37. The summed E-state index contributed by atoms with van der Waals surface area (Å²) in [6, 6.07) is 7.29. The Balaban J connectivity index is 2.23. The second kappa shape index (κ2) is 5.23. The summed E-state index contributed by atoms with van der Waals surface area (Å²) in [5, 5.41) is 3.04. The number of anilines is 1. The molecule has 2 aromatic rings. The number of nitrogens with zero attached hydrogens (tertiary/aromatic N) is 2. The van der Waals surface area contributed by atoms with Crippen LogP contribution in [0.3, 0.4) is 0 Å². The molecule has 0 aromatic carbocycles. The highest BCUT2D eigenvalue weighted by atomic mass is 35.5. The van der Waals surface area contributed by atoms with E-state index in [0.29, 0.717) is 11.4 Å². The van der Waals surface area contributed by atoms with Crippen LogP contribution in [-0.4, -0.2) is 15.5 Å². The molecule has 5 heteroatoms. The Hall–Kier alpha value is -1.81. The van der Waals surface area contributed by atoms with Gasteiger partial charge in [-0.2, -0.15) is 0 Å². The van der Waals surface area contributed by atoms with Gasteiger partial charge in [-0.3, -0.25) is 4.79 Å². The first-order valence-corrected chi connectivity index (χ1v) is 6.06. The summed E-state index contributed by atoms with van der Waals surface area (Å²) in [6.45, 7) is 4.04. The number of hydrogen-bond donors (Lipinski definition) is 1. The minimum Gasteiger partial charge on any atom is -0.341 e. The fraction of sp³-hybridized carbons (Fsp3) is 0.231. The highest BCUT2D eigenvalue weighted by molar-refractivity contribution is 6.32. The Kier molecular flexibility index (Phi) is 3.67. The summed E-state index contributed by atoms with van der Waals surface area (Å²) in [6.07, 6.45) is 3.46. The van der Waals surface area contributed by atoms with Crippen LogP contribution < -0.4 is 5.32 Å². The molecule has 0 radical (unpaired) electrons. The Morgan fingerprint density at radius 3 is 2.83 bits per heavy atom. The maximum Gasteiger partial charge on any atom is 0.272 e. The molecule has 0 saturated heterocycles. The van der Waals surface area contributed by atoms with Crippen LogP contribution in [0.4, 0.5) is 5.69 Å². The van der Waals surface area contributed by atoms with Gasteiger partial charge >= 0.3 is 0 Å². The Morgan fingerprint density at radius 2 is 2.17 bits per heavy atom. The molecule has 0 fully saturated rings. The van der Waals surface area contributed by atoms with Gasteiger partial charge in [0.2, 0.25) is 0 Å². The number of rotatable bonds is 3. The van der Waals surface area contributed by atoms with Gasteiger partial charge in [0.25, 0.3) is 5.91 Å². The van der Waals surface area contributed by atoms with Crippen LogP contribution in [-0.2, 0) is 0 Å². The van der Waals surface area contributed by atoms with Gasteiger partial charge in [-0.05, 0) is 38.1 Å². The van der Waals surface area contributed by atoms with E-state index >= 15 is 0 Å². The van der Waals surface area contributed by atoms with Crippen molar-refractivity contribution in [2.24, 2.45) is 0 Å². The molecule has 2 heterocycles. The van der Waals surface area contributed by atoms with Crippen LogP contribution in [0.2, 0.25) is 5.15 Å². The number of hydrogen-bond acceptors (Lipinski definition) is 2. The fourth-order valence-electron chi connectivity index (χ4n) is 1.70. The third-order valence-electron chi connectivity index (χ3n) is 2.58. The molecule has 2 aromatic heterocycles. The molecule has 2 rings (SSSR count). The monoisotopic (exact) mass is 263 g/mol. The Bertz CT molecular complexity index is 563. The summed E-state index contributed by atoms with van der Waals surface area (Å²) >= 11 is 5.90. The van der Waals surface area contributed by atoms with Crippen LogP contribution in [0, 0.1) is 0 Å². The molecule has 0 aliphatic heterocycles. The van der Waals surface area contributed by atoms with E-state index in [1.54, 1.807) is 24.4 Å². The standard InChI is InChI=1S/C13H14ClN3O/c1-9(2)17-8-4-6-11(17)13(18)16-10-5-3-7-15-12(10)14/h3-9H,1-2H3,(H,16,18). The maximum absolute atomic E-state index is 12.1. The van der Waals surface area contributed by atoms with Gasteiger partial charge in [-0.25, -0.2) is 4.98 Å². The van der Waals surface area contributed by atoms with Crippen LogP contribution in [0.1, 0.15) is 30.4 Å². The largest absolute Gasteiger partial charge is 0.341 e. The lowest BCUT2D eigenvalue weighted by Crippen LogP contribution is -2.18. The van der Waals surface area contributed by atoms with E-state index < -0.39 is 0 Å². The number of nitrogens with one attached hydrogen (secondary N) is 1. The molecule has 1 amide bonds. The van der Waals surface area contributed by atoms with Gasteiger partial charge < -0.3 is 9.88 Å². The molecule has 18 heavy (non-hydrogen) atoms. The number of amides is 1. The maximum atomic E-state index is 12.1. The molecule has 0 atom stereocenters. The highest BCUT2D eigenvalue weighted by Gasteiger charge is 2.13. The molecule has 0 aliphatic rings. The second-order valence-corrected chi connectivity index (χ2v) is 4.55.